The van der Waals surface area contributed by atoms with E-state index in [1.807, 2.05) is 24.8 Å². The van der Waals surface area contributed by atoms with E-state index in [9.17, 15) is 18.0 Å². The lowest BCUT2D eigenvalue weighted by Gasteiger charge is -2.27. The largest absolute Gasteiger partial charge is 0.416 e. The number of aromatic amines is 1. The second-order valence-electron chi connectivity index (χ2n) is 9.88. The first-order valence-electron chi connectivity index (χ1n) is 12.8. The third-order valence-electron chi connectivity index (χ3n) is 6.96. The summed E-state index contributed by atoms with van der Waals surface area (Å²) in [4.78, 5) is 19.3. The van der Waals surface area contributed by atoms with Gasteiger partial charge in [-0.1, -0.05) is 30.4 Å². The summed E-state index contributed by atoms with van der Waals surface area (Å²) in [6.07, 6.45) is 0.209. The first-order valence-corrected chi connectivity index (χ1v) is 12.8. The van der Waals surface area contributed by atoms with Gasteiger partial charge in [0.1, 0.15) is 0 Å². The Morgan fingerprint density at radius 2 is 1.85 bits per heavy atom. The Bertz CT molecular complexity index is 1590. The monoisotopic (exact) mass is 531 g/mol. The van der Waals surface area contributed by atoms with Gasteiger partial charge in [-0.15, -0.1) is 0 Å². The third-order valence-corrected chi connectivity index (χ3v) is 6.96. The van der Waals surface area contributed by atoms with Crippen molar-refractivity contribution in [3.63, 3.8) is 0 Å². The van der Waals surface area contributed by atoms with Gasteiger partial charge < -0.3 is 5.32 Å². The number of fused-ring (bicyclic) bond motifs is 1. The number of rotatable bonds is 4. The lowest BCUT2D eigenvalue weighted by atomic mass is 10.0. The zero-order valence-corrected chi connectivity index (χ0v) is 21.7. The molecule has 0 aliphatic carbocycles. The maximum Gasteiger partial charge on any atom is 0.416 e. The molecule has 6 nitrogen and oxygen atoms in total. The van der Waals surface area contributed by atoms with Crippen molar-refractivity contribution in [1.82, 2.24) is 20.1 Å². The number of amides is 1. The summed E-state index contributed by atoms with van der Waals surface area (Å²) in [6, 6.07) is 11.0. The molecule has 0 spiro atoms. The summed E-state index contributed by atoms with van der Waals surface area (Å²) in [6.45, 7) is 5.61. The van der Waals surface area contributed by atoms with Crippen molar-refractivity contribution in [1.29, 1.82) is 0 Å². The molecule has 5 rings (SSSR count). The number of nitrogens with one attached hydrogen (secondary N) is 2. The van der Waals surface area contributed by atoms with Gasteiger partial charge in [-0.25, -0.2) is 4.98 Å². The van der Waals surface area contributed by atoms with Gasteiger partial charge >= 0.3 is 6.18 Å². The number of alkyl halides is 3. The van der Waals surface area contributed by atoms with Crippen LogP contribution >= 0.6 is 0 Å². The van der Waals surface area contributed by atoms with E-state index in [1.54, 1.807) is 24.4 Å². The van der Waals surface area contributed by atoms with Gasteiger partial charge in [0.05, 0.1) is 5.56 Å². The highest BCUT2D eigenvalue weighted by Crippen LogP contribution is 2.35. The third kappa shape index (κ3) is 6.13. The Morgan fingerprint density at radius 3 is 2.62 bits per heavy atom. The van der Waals surface area contributed by atoms with Crippen LogP contribution in [0.15, 0.2) is 48.7 Å². The number of hydrogen-bond donors (Lipinski definition) is 2. The highest BCUT2D eigenvalue weighted by Gasteiger charge is 2.34. The zero-order chi connectivity index (χ0) is 27.6. The van der Waals surface area contributed by atoms with Gasteiger partial charge in [0.25, 0.3) is 5.91 Å². The number of benzene rings is 2. The topological polar surface area (TPSA) is 73.9 Å². The van der Waals surface area contributed by atoms with E-state index in [0.29, 0.717) is 22.3 Å². The van der Waals surface area contributed by atoms with Crippen LogP contribution in [0.2, 0.25) is 0 Å². The Balaban J connectivity index is 1.35. The number of nitrogens with zero attached hydrogens (tertiary/aromatic N) is 3. The molecule has 39 heavy (non-hydrogen) atoms. The molecule has 0 saturated carbocycles. The molecule has 1 amide bonds. The number of aryl methyl sites for hydroxylation is 2. The fraction of sp³-hybridized carbons (Fsp3) is 0.300. The number of hydrogen-bond acceptors (Lipinski definition) is 4. The molecular formula is C30H28F3N5O. The van der Waals surface area contributed by atoms with Gasteiger partial charge in [0, 0.05) is 46.2 Å². The normalized spacial score (nSPS) is 14.2. The maximum absolute atomic E-state index is 13.9. The molecular weight excluding hydrogens is 503 g/mol. The molecule has 0 radical (unpaired) electrons. The van der Waals surface area contributed by atoms with Gasteiger partial charge in [-0.2, -0.15) is 18.3 Å². The molecule has 2 aromatic carbocycles. The molecule has 1 saturated heterocycles. The second-order valence-corrected chi connectivity index (χ2v) is 9.88. The van der Waals surface area contributed by atoms with Gasteiger partial charge in [0.2, 0.25) is 0 Å². The SMILES string of the molecule is Cc1ccc(C(=O)Nc2ccc(CN3CCCCC3)c(C(F)(F)F)c2)cc1C#Cc1cnc2n[nH]c(C)c2c1. The Hall–Kier alpha value is -4.16. The minimum Gasteiger partial charge on any atom is -0.322 e. The summed E-state index contributed by atoms with van der Waals surface area (Å²) < 4.78 is 41.7. The predicted octanol–water partition coefficient (Wildman–Crippen LogP) is 6.23. The lowest BCUT2D eigenvalue weighted by Crippen LogP contribution is -2.30. The zero-order valence-electron chi connectivity index (χ0n) is 21.7. The number of pyridine rings is 1. The molecule has 1 fully saturated rings. The standard InChI is InChI=1S/C30H28F3N5O/c1-19-6-8-23(15-22(19)9-7-21-14-26-20(2)36-37-28(26)34-17-21)29(39)35-25-11-10-24(27(16-25)30(31,32)33)18-38-12-4-3-5-13-38/h6,8,10-11,14-17H,3-5,12-13,18H2,1-2H3,(H,35,39)(H,34,36,37). The first-order chi connectivity index (χ1) is 18.7. The van der Waals surface area contributed by atoms with Crippen LogP contribution in [0, 0.1) is 25.7 Å². The fourth-order valence-electron chi connectivity index (χ4n) is 4.74. The van der Waals surface area contributed by atoms with Crippen molar-refractivity contribution in [2.75, 3.05) is 18.4 Å². The second kappa shape index (κ2) is 10.9. The number of aromatic nitrogens is 3. The smallest absolute Gasteiger partial charge is 0.322 e. The van der Waals surface area contributed by atoms with Crippen molar-refractivity contribution in [3.8, 4) is 11.8 Å². The molecule has 4 aromatic rings. The van der Waals surface area contributed by atoms with E-state index in [2.05, 4.69) is 32.3 Å². The van der Waals surface area contributed by atoms with Crippen LogP contribution in [-0.2, 0) is 12.7 Å². The van der Waals surface area contributed by atoms with E-state index < -0.39 is 17.6 Å². The molecule has 9 heteroatoms. The molecule has 1 aliphatic heterocycles. The van der Waals surface area contributed by atoms with Crippen molar-refractivity contribution < 1.29 is 18.0 Å². The fourth-order valence-corrected chi connectivity index (χ4v) is 4.74. The van der Waals surface area contributed by atoms with E-state index in [0.717, 1.165) is 55.1 Å². The van der Waals surface area contributed by atoms with E-state index in [-0.39, 0.29) is 17.8 Å². The summed E-state index contributed by atoms with van der Waals surface area (Å²) in [7, 11) is 0. The Kier molecular flexibility index (Phi) is 7.40. The van der Waals surface area contributed by atoms with Gasteiger partial charge in [-0.3, -0.25) is 14.8 Å². The van der Waals surface area contributed by atoms with Crippen LogP contribution in [0.3, 0.4) is 0 Å². The van der Waals surface area contributed by atoms with Crippen LogP contribution in [0.25, 0.3) is 11.0 Å². The molecule has 2 N–H and O–H groups in total. The number of halogens is 3. The van der Waals surface area contributed by atoms with Crippen molar-refractivity contribution in [2.45, 2.75) is 45.8 Å². The van der Waals surface area contributed by atoms with Gasteiger partial charge in [-0.05, 0) is 81.2 Å². The molecule has 0 unspecified atom stereocenters. The summed E-state index contributed by atoms with van der Waals surface area (Å²) >= 11 is 0. The van der Waals surface area contributed by atoms with Crippen molar-refractivity contribution in [3.05, 3.63) is 87.7 Å². The number of carbonyl (C=O) groups excluding carboxylic acids is 1. The number of piperidine rings is 1. The summed E-state index contributed by atoms with van der Waals surface area (Å²) in [5, 5.41) is 10.5. The number of carbonyl (C=O) groups is 1. The maximum atomic E-state index is 13.9. The van der Waals surface area contributed by atoms with Crippen molar-refractivity contribution in [2.24, 2.45) is 0 Å². The molecule has 200 valence electrons. The van der Waals surface area contributed by atoms with E-state index in [4.69, 9.17) is 0 Å². The first kappa shape index (κ1) is 26.4. The number of anilines is 1. The Morgan fingerprint density at radius 1 is 1.05 bits per heavy atom. The summed E-state index contributed by atoms with van der Waals surface area (Å²) in [5.74, 6) is 5.65. The Labute approximate surface area is 224 Å². The van der Waals surface area contributed by atoms with E-state index in [1.165, 1.54) is 12.1 Å². The van der Waals surface area contributed by atoms with Crippen LogP contribution in [0.5, 0.6) is 0 Å². The predicted molar refractivity (Wildman–Crippen MR) is 144 cm³/mol. The highest BCUT2D eigenvalue weighted by atomic mass is 19.4. The summed E-state index contributed by atoms with van der Waals surface area (Å²) in [5.41, 5.74) is 3.60. The quantitative estimate of drug-likeness (QED) is 0.306. The number of likely N-dealkylation sites (tertiary alicyclic amines) is 1. The highest BCUT2D eigenvalue weighted by molar-refractivity contribution is 6.04. The average molecular weight is 532 g/mol. The van der Waals surface area contributed by atoms with Crippen molar-refractivity contribution >= 4 is 22.6 Å². The van der Waals surface area contributed by atoms with Gasteiger partial charge in [0.15, 0.2) is 5.65 Å². The molecule has 1 aliphatic rings. The minimum absolute atomic E-state index is 0.0952. The number of H-pyrrole nitrogens is 1. The minimum atomic E-state index is -4.52. The molecule has 2 aromatic heterocycles. The molecule has 0 atom stereocenters. The molecule has 3 heterocycles. The van der Waals surface area contributed by atoms with Crippen LogP contribution in [-0.4, -0.2) is 39.1 Å². The van der Waals surface area contributed by atoms with E-state index >= 15 is 0 Å². The molecule has 0 bridgehead atoms. The average Bonchev–Trinajstić information content (AvgIpc) is 3.29. The van der Waals surface area contributed by atoms with Crippen LogP contribution in [0.4, 0.5) is 18.9 Å². The van der Waals surface area contributed by atoms with Crippen LogP contribution in [0.1, 0.15) is 63.1 Å². The van der Waals surface area contributed by atoms with Crippen LogP contribution < -0.4 is 5.32 Å². The lowest BCUT2D eigenvalue weighted by molar-refractivity contribution is -0.138.